The average molecular weight is 337 g/mol. The van der Waals surface area contributed by atoms with Crippen molar-refractivity contribution in [3.05, 3.63) is 41.9 Å². The molecule has 1 aliphatic rings. The minimum absolute atomic E-state index is 0.209. The SMILES string of the molecule is Cc1cccc(-c2[nH]ncc2-c2nc(CCN3CCCC3=O)no2)c1. The van der Waals surface area contributed by atoms with E-state index in [4.69, 9.17) is 4.52 Å². The highest BCUT2D eigenvalue weighted by Crippen LogP contribution is 2.29. The van der Waals surface area contributed by atoms with Crippen LogP contribution in [0.3, 0.4) is 0 Å². The zero-order valence-corrected chi connectivity index (χ0v) is 14.0. The Morgan fingerprint density at radius 1 is 1.36 bits per heavy atom. The molecule has 0 saturated carbocycles. The molecule has 1 N–H and O–H groups in total. The van der Waals surface area contributed by atoms with Crippen LogP contribution in [0.15, 0.2) is 35.0 Å². The van der Waals surface area contributed by atoms with E-state index in [1.54, 1.807) is 6.20 Å². The molecular formula is C18H19N5O2. The number of H-pyrrole nitrogens is 1. The van der Waals surface area contributed by atoms with Crippen LogP contribution in [0.5, 0.6) is 0 Å². The molecule has 7 heteroatoms. The van der Waals surface area contributed by atoms with Crippen molar-refractivity contribution in [2.24, 2.45) is 0 Å². The quantitative estimate of drug-likeness (QED) is 0.773. The van der Waals surface area contributed by atoms with Crippen molar-refractivity contribution < 1.29 is 9.32 Å². The van der Waals surface area contributed by atoms with Gasteiger partial charge in [-0.15, -0.1) is 0 Å². The zero-order valence-electron chi connectivity index (χ0n) is 14.0. The van der Waals surface area contributed by atoms with Gasteiger partial charge < -0.3 is 9.42 Å². The number of carbonyl (C=O) groups excluding carboxylic acids is 1. The third-order valence-corrected chi connectivity index (χ3v) is 4.42. The van der Waals surface area contributed by atoms with Crippen molar-refractivity contribution in [2.45, 2.75) is 26.2 Å². The predicted octanol–water partition coefficient (Wildman–Crippen LogP) is 2.60. The van der Waals surface area contributed by atoms with Crippen LogP contribution in [0.1, 0.15) is 24.2 Å². The molecule has 4 rings (SSSR count). The summed E-state index contributed by atoms with van der Waals surface area (Å²) in [4.78, 5) is 18.0. The van der Waals surface area contributed by atoms with E-state index >= 15 is 0 Å². The largest absolute Gasteiger partial charge is 0.342 e. The van der Waals surface area contributed by atoms with E-state index in [1.165, 1.54) is 5.56 Å². The van der Waals surface area contributed by atoms with Gasteiger partial charge in [0.05, 0.1) is 17.5 Å². The summed E-state index contributed by atoms with van der Waals surface area (Å²) in [5, 5.41) is 11.2. The highest BCUT2D eigenvalue weighted by Gasteiger charge is 2.21. The molecule has 25 heavy (non-hydrogen) atoms. The summed E-state index contributed by atoms with van der Waals surface area (Å²) >= 11 is 0. The maximum Gasteiger partial charge on any atom is 0.261 e. The molecule has 3 aromatic rings. The lowest BCUT2D eigenvalue weighted by Crippen LogP contribution is -2.27. The number of aromatic amines is 1. The fraction of sp³-hybridized carbons (Fsp3) is 0.333. The summed E-state index contributed by atoms with van der Waals surface area (Å²) in [5.41, 5.74) is 3.82. The van der Waals surface area contributed by atoms with E-state index in [1.807, 2.05) is 30.0 Å². The van der Waals surface area contributed by atoms with Gasteiger partial charge in [0.25, 0.3) is 5.89 Å². The van der Waals surface area contributed by atoms with Gasteiger partial charge in [-0.05, 0) is 19.4 Å². The van der Waals surface area contributed by atoms with E-state index < -0.39 is 0 Å². The van der Waals surface area contributed by atoms with Crippen molar-refractivity contribution in [2.75, 3.05) is 13.1 Å². The first-order chi connectivity index (χ1) is 12.2. The molecule has 128 valence electrons. The van der Waals surface area contributed by atoms with Crippen LogP contribution in [-0.4, -0.2) is 44.2 Å². The minimum atomic E-state index is 0.209. The Balaban J connectivity index is 1.53. The maximum atomic E-state index is 11.7. The second-order valence-electron chi connectivity index (χ2n) is 6.28. The predicted molar refractivity (Wildman–Crippen MR) is 91.6 cm³/mol. The summed E-state index contributed by atoms with van der Waals surface area (Å²) in [6, 6.07) is 8.14. The van der Waals surface area contributed by atoms with E-state index in [9.17, 15) is 4.79 Å². The molecule has 1 fully saturated rings. The number of hydrogen-bond acceptors (Lipinski definition) is 5. The summed E-state index contributed by atoms with van der Waals surface area (Å²) in [6.07, 6.45) is 3.86. The van der Waals surface area contributed by atoms with Crippen LogP contribution in [0, 0.1) is 6.92 Å². The third-order valence-electron chi connectivity index (χ3n) is 4.42. The van der Waals surface area contributed by atoms with Crippen molar-refractivity contribution in [3.8, 4) is 22.7 Å². The van der Waals surface area contributed by atoms with Crippen molar-refractivity contribution >= 4 is 5.91 Å². The number of aryl methyl sites for hydroxylation is 1. The van der Waals surface area contributed by atoms with Crippen molar-refractivity contribution in [1.82, 2.24) is 25.2 Å². The van der Waals surface area contributed by atoms with Crippen LogP contribution in [-0.2, 0) is 11.2 Å². The van der Waals surface area contributed by atoms with Gasteiger partial charge in [0.15, 0.2) is 5.82 Å². The van der Waals surface area contributed by atoms with Gasteiger partial charge in [0.1, 0.15) is 0 Å². The summed E-state index contributed by atoms with van der Waals surface area (Å²) < 4.78 is 5.42. The average Bonchev–Trinajstić information content (AvgIpc) is 3.33. The van der Waals surface area contributed by atoms with Gasteiger partial charge in [-0.1, -0.05) is 28.9 Å². The molecule has 1 amide bonds. The topological polar surface area (TPSA) is 87.9 Å². The molecule has 3 heterocycles. The van der Waals surface area contributed by atoms with Gasteiger partial charge in [-0.2, -0.15) is 10.1 Å². The van der Waals surface area contributed by atoms with Gasteiger partial charge in [0.2, 0.25) is 5.91 Å². The first kappa shape index (κ1) is 15.6. The lowest BCUT2D eigenvalue weighted by Gasteiger charge is -2.13. The molecule has 0 unspecified atom stereocenters. The summed E-state index contributed by atoms with van der Waals surface area (Å²) in [7, 11) is 0. The number of carbonyl (C=O) groups is 1. The molecule has 1 aliphatic heterocycles. The molecule has 0 bridgehead atoms. The monoisotopic (exact) mass is 337 g/mol. The lowest BCUT2D eigenvalue weighted by atomic mass is 10.1. The van der Waals surface area contributed by atoms with E-state index in [0.29, 0.717) is 31.1 Å². The molecule has 0 radical (unpaired) electrons. The van der Waals surface area contributed by atoms with Crippen LogP contribution < -0.4 is 0 Å². The van der Waals surface area contributed by atoms with Crippen LogP contribution in [0.4, 0.5) is 0 Å². The summed E-state index contributed by atoms with van der Waals surface area (Å²) in [5.74, 6) is 1.25. The number of nitrogens with one attached hydrogen (secondary N) is 1. The van der Waals surface area contributed by atoms with Gasteiger partial charge in [-0.3, -0.25) is 9.89 Å². The Kier molecular flexibility index (Phi) is 4.05. The number of hydrogen-bond donors (Lipinski definition) is 1. The Morgan fingerprint density at radius 3 is 3.08 bits per heavy atom. The Morgan fingerprint density at radius 2 is 2.28 bits per heavy atom. The van der Waals surface area contributed by atoms with Gasteiger partial charge >= 0.3 is 0 Å². The fourth-order valence-electron chi connectivity index (χ4n) is 3.11. The Bertz CT molecular complexity index is 898. The number of amides is 1. The number of rotatable bonds is 5. The molecule has 1 aromatic carbocycles. The maximum absolute atomic E-state index is 11.7. The highest BCUT2D eigenvalue weighted by atomic mass is 16.5. The molecular weight excluding hydrogens is 318 g/mol. The molecule has 0 aliphatic carbocycles. The normalized spacial score (nSPS) is 14.4. The smallest absolute Gasteiger partial charge is 0.261 e. The molecule has 7 nitrogen and oxygen atoms in total. The number of benzene rings is 1. The van der Waals surface area contributed by atoms with E-state index in [0.717, 1.165) is 29.8 Å². The molecule has 1 saturated heterocycles. The van der Waals surface area contributed by atoms with Crippen molar-refractivity contribution in [3.63, 3.8) is 0 Å². The third kappa shape index (κ3) is 3.17. The zero-order chi connectivity index (χ0) is 17.2. The number of aromatic nitrogens is 4. The van der Waals surface area contributed by atoms with E-state index in [-0.39, 0.29) is 5.91 Å². The fourth-order valence-corrected chi connectivity index (χ4v) is 3.11. The van der Waals surface area contributed by atoms with Gasteiger partial charge in [-0.25, -0.2) is 0 Å². The second-order valence-corrected chi connectivity index (χ2v) is 6.28. The minimum Gasteiger partial charge on any atom is -0.342 e. The first-order valence-electron chi connectivity index (χ1n) is 8.42. The van der Waals surface area contributed by atoms with Crippen LogP contribution in [0.25, 0.3) is 22.7 Å². The molecule has 2 aromatic heterocycles. The highest BCUT2D eigenvalue weighted by molar-refractivity contribution is 5.78. The Labute approximate surface area is 145 Å². The summed E-state index contributed by atoms with van der Waals surface area (Å²) in [6.45, 7) is 3.50. The van der Waals surface area contributed by atoms with E-state index in [2.05, 4.69) is 26.4 Å². The standard InChI is InChI=1S/C18H19N5O2/c1-12-4-2-5-13(10-12)17-14(11-19-21-17)18-20-15(22-25-18)7-9-23-8-3-6-16(23)24/h2,4-5,10-11H,3,6-9H2,1H3,(H,19,21). The molecule has 0 spiro atoms. The Hall–Kier alpha value is -2.96. The number of likely N-dealkylation sites (tertiary alicyclic amines) is 1. The van der Waals surface area contributed by atoms with Crippen LogP contribution >= 0.6 is 0 Å². The van der Waals surface area contributed by atoms with Crippen molar-refractivity contribution in [1.29, 1.82) is 0 Å². The number of nitrogens with zero attached hydrogens (tertiary/aromatic N) is 4. The molecule has 0 atom stereocenters. The van der Waals surface area contributed by atoms with Crippen LogP contribution in [0.2, 0.25) is 0 Å². The lowest BCUT2D eigenvalue weighted by molar-refractivity contribution is -0.127. The first-order valence-corrected chi connectivity index (χ1v) is 8.42. The van der Waals surface area contributed by atoms with Gasteiger partial charge in [0, 0.05) is 31.5 Å². The second kappa shape index (κ2) is 6.51.